The number of allylic oxidation sites excluding steroid dienone is 1. The minimum atomic E-state index is -0.503. The molecule has 5 N–H and O–H groups in total. The van der Waals surface area contributed by atoms with Gasteiger partial charge in [-0.05, 0) is 11.6 Å². The molecule has 0 radical (unpaired) electrons. The van der Waals surface area contributed by atoms with Crippen LogP contribution in [0.25, 0.3) is 10.9 Å². The Hall–Kier alpha value is -3.94. The Morgan fingerprint density at radius 1 is 1.14 bits per heavy atom. The number of para-hydroxylation sites is 1. The maximum Gasteiger partial charge on any atom is 0.250 e. The maximum absolute atomic E-state index is 11.7. The van der Waals surface area contributed by atoms with E-state index in [4.69, 9.17) is 10.7 Å². The second-order valence-electron chi connectivity index (χ2n) is 6.94. The molecule has 1 amide bonds. The molecule has 1 atom stereocenters. The van der Waals surface area contributed by atoms with E-state index in [2.05, 4.69) is 38.0 Å². The molecule has 0 saturated heterocycles. The number of amidine groups is 1. The summed E-state index contributed by atoms with van der Waals surface area (Å²) in [6.07, 6.45) is 1.54. The van der Waals surface area contributed by atoms with E-state index in [-0.39, 0.29) is 6.17 Å². The van der Waals surface area contributed by atoms with Gasteiger partial charge in [-0.25, -0.2) is 0 Å². The fourth-order valence-corrected chi connectivity index (χ4v) is 3.65. The summed E-state index contributed by atoms with van der Waals surface area (Å²) < 4.78 is 0. The zero-order valence-corrected chi connectivity index (χ0v) is 15.5. The van der Waals surface area contributed by atoms with Gasteiger partial charge >= 0.3 is 0 Å². The molecule has 3 aromatic rings. The standard InChI is InChI=1S/C21H19N7O/c22-19(29)14-8-4-7-13-17(14)27-28-18(13)21-25-16-11-23-10-15(16)20(26-21)24-9-12-5-2-1-3-6-12/h1-8,11,21,25H,9-10H2,(H2,22,29)(H,24,26)(H,27,28). The molecule has 3 heterocycles. The summed E-state index contributed by atoms with van der Waals surface area (Å²) in [6.45, 7) is 1.16. The highest BCUT2D eigenvalue weighted by atomic mass is 16.1. The molecular weight excluding hydrogens is 366 g/mol. The number of nitrogens with zero attached hydrogens (tertiary/aromatic N) is 3. The van der Waals surface area contributed by atoms with Crippen molar-refractivity contribution in [1.82, 2.24) is 20.8 Å². The van der Waals surface area contributed by atoms with Gasteiger partial charge in [0.25, 0.3) is 5.91 Å². The van der Waals surface area contributed by atoms with Crippen LogP contribution in [0.5, 0.6) is 0 Å². The van der Waals surface area contributed by atoms with Crippen LogP contribution in [0, 0.1) is 0 Å². The smallest absolute Gasteiger partial charge is 0.250 e. The molecule has 144 valence electrons. The van der Waals surface area contributed by atoms with E-state index in [1.165, 1.54) is 0 Å². The van der Waals surface area contributed by atoms with Gasteiger partial charge in [-0.3, -0.25) is 19.9 Å². The van der Waals surface area contributed by atoms with Gasteiger partial charge in [-0.15, -0.1) is 0 Å². The normalized spacial score (nSPS) is 19.3. The number of aromatic nitrogens is 2. The number of aromatic amines is 1. The number of nitrogens with two attached hydrogens (primary N) is 1. The molecule has 0 spiro atoms. The van der Waals surface area contributed by atoms with E-state index in [9.17, 15) is 4.79 Å². The first-order valence-electron chi connectivity index (χ1n) is 9.32. The van der Waals surface area contributed by atoms with E-state index in [1.807, 2.05) is 30.5 Å². The average Bonchev–Trinajstić information content (AvgIpc) is 3.39. The molecule has 0 bridgehead atoms. The van der Waals surface area contributed by atoms with Crippen LogP contribution in [0.3, 0.4) is 0 Å². The fraction of sp³-hybridized carbons (Fsp3) is 0.143. The van der Waals surface area contributed by atoms with Crippen molar-refractivity contribution in [2.24, 2.45) is 15.7 Å². The van der Waals surface area contributed by atoms with Crippen LogP contribution in [-0.2, 0) is 6.54 Å². The SMILES string of the molecule is NC(=O)c1cccc2c(C3NC(=NCc4ccccc4)C4=C(C=NC4)N3)[nH]nc12. The van der Waals surface area contributed by atoms with Gasteiger partial charge in [0.05, 0.1) is 30.0 Å². The van der Waals surface area contributed by atoms with Crippen molar-refractivity contribution >= 4 is 28.9 Å². The van der Waals surface area contributed by atoms with Crippen LogP contribution in [-0.4, -0.2) is 34.7 Å². The first-order chi connectivity index (χ1) is 14.2. The van der Waals surface area contributed by atoms with Gasteiger partial charge in [-0.1, -0.05) is 42.5 Å². The lowest BCUT2D eigenvalue weighted by atomic mass is 10.1. The molecule has 8 nitrogen and oxygen atoms in total. The molecule has 5 rings (SSSR count). The Balaban J connectivity index is 1.51. The number of benzene rings is 2. The second kappa shape index (κ2) is 6.90. The van der Waals surface area contributed by atoms with Crippen molar-refractivity contribution in [2.45, 2.75) is 12.7 Å². The minimum absolute atomic E-state index is 0.291. The number of fused-ring (bicyclic) bond motifs is 1. The van der Waals surface area contributed by atoms with Gasteiger partial charge in [0.2, 0.25) is 0 Å². The first-order valence-corrected chi connectivity index (χ1v) is 9.32. The Morgan fingerprint density at radius 2 is 2.00 bits per heavy atom. The highest BCUT2D eigenvalue weighted by molar-refractivity contribution is 6.08. The highest BCUT2D eigenvalue weighted by Gasteiger charge is 2.29. The summed E-state index contributed by atoms with van der Waals surface area (Å²) in [7, 11) is 0. The van der Waals surface area contributed by atoms with Crippen molar-refractivity contribution in [1.29, 1.82) is 0 Å². The largest absolute Gasteiger partial charge is 0.366 e. The van der Waals surface area contributed by atoms with E-state index in [1.54, 1.807) is 12.1 Å². The van der Waals surface area contributed by atoms with Crippen LogP contribution in [0.2, 0.25) is 0 Å². The third-order valence-corrected chi connectivity index (χ3v) is 5.09. The Labute approximate surface area is 166 Å². The fourth-order valence-electron chi connectivity index (χ4n) is 3.65. The quantitative estimate of drug-likeness (QED) is 0.547. The topological polar surface area (TPSA) is 121 Å². The number of hydrogen-bond donors (Lipinski definition) is 4. The van der Waals surface area contributed by atoms with Crippen molar-refractivity contribution in [3.05, 3.63) is 76.6 Å². The zero-order valence-electron chi connectivity index (χ0n) is 15.5. The number of carbonyl (C=O) groups excluding carboxylic acids is 1. The predicted molar refractivity (Wildman–Crippen MR) is 112 cm³/mol. The molecule has 0 aliphatic carbocycles. The Morgan fingerprint density at radius 3 is 2.83 bits per heavy atom. The Kier molecular flexibility index (Phi) is 4.09. The van der Waals surface area contributed by atoms with E-state index in [0.717, 1.165) is 33.7 Å². The molecule has 1 aromatic heterocycles. The number of H-pyrrole nitrogens is 1. The van der Waals surface area contributed by atoms with Gasteiger partial charge in [-0.2, -0.15) is 5.10 Å². The maximum atomic E-state index is 11.7. The summed E-state index contributed by atoms with van der Waals surface area (Å²) in [6, 6.07) is 15.5. The van der Waals surface area contributed by atoms with E-state index >= 15 is 0 Å². The number of aliphatic imine (C=N–C) groups is 2. The summed E-state index contributed by atoms with van der Waals surface area (Å²) >= 11 is 0. The number of primary amides is 1. The number of amides is 1. The first kappa shape index (κ1) is 17.2. The second-order valence-corrected chi connectivity index (χ2v) is 6.94. The summed E-state index contributed by atoms with van der Waals surface area (Å²) in [5.74, 6) is 0.301. The van der Waals surface area contributed by atoms with Crippen molar-refractivity contribution in [2.75, 3.05) is 6.54 Å². The third kappa shape index (κ3) is 3.04. The summed E-state index contributed by atoms with van der Waals surface area (Å²) in [5, 5.41) is 15.1. The van der Waals surface area contributed by atoms with Crippen molar-refractivity contribution in [3.8, 4) is 0 Å². The lowest BCUT2D eigenvalue weighted by molar-refractivity contribution is 0.100. The minimum Gasteiger partial charge on any atom is -0.366 e. The zero-order chi connectivity index (χ0) is 19.8. The van der Waals surface area contributed by atoms with Crippen molar-refractivity contribution in [3.63, 3.8) is 0 Å². The third-order valence-electron chi connectivity index (χ3n) is 5.09. The lowest BCUT2D eigenvalue weighted by Gasteiger charge is -2.28. The highest BCUT2D eigenvalue weighted by Crippen LogP contribution is 2.27. The van der Waals surface area contributed by atoms with E-state index < -0.39 is 5.91 Å². The molecule has 2 aromatic carbocycles. The molecule has 0 fully saturated rings. The predicted octanol–water partition coefficient (Wildman–Crippen LogP) is 1.79. The number of rotatable bonds is 4. The molecule has 2 aliphatic rings. The monoisotopic (exact) mass is 385 g/mol. The molecule has 29 heavy (non-hydrogen) atoms. The molecular formula is C21H19N7O. The number of carbonyl (C=O) groups is 1. The van der Waals surface area contributed by atoms with Crippen LogP contribution in [0.4, 0.5) is 0 Å². The summed E-state index contributed by atoms with van der Waals surface area (Å²) in [5.41, 5.74) is 10.4. The van der Waals surface area contributed by atoms with Crippen LogP contribution >= 0.6 is 0 Å². The van der Waals surface area contributed by atoms with Crippen LogP contribution in [0.15, 0.2) is 69.8 Å². The molecule has 8 heteroatoms. The van der Waals surface area contributed by atoms with Gasteiger partial charge in [0.1, 0.15) is 17.5 Å². The van der Waals surface area contributed by atoms with Gasteiger partial charge in [0.15, 0.2) is 0 Å². The Bertz CT molecular complexity index is 1190. The van der Waals surface area contributed by atoms with Crippen LogP contribution in [0.1, 0.15) is 27.8 Å². The van der Waals surface area contributed by atoms with Crippen LogP contribution < -0.4 is 16.4 Å². The van der Waals surface area contributed by atoms with E-state index in [0.29, 0.717) is 24.2 Å². The lowest BCUT2D eigenvalue weighted by Crippen LogP contribution is -2.44. The average molecular weight is 385 g/mol. The van der Waals surface area contributed by atoms with Gasteiger partial charge < -0.3 is 16.4 Å². The molecule has 1 unspecified atom stereocenters. The summed E-state index contributed by atoms with van der Waals surface area (Å²) in [4.78, 5) is 20.9. The molecule has 2 aliphatic heterocycles. The number of hydrogen-bond acceptors (Lipinski definition) is 5. The van der Waals surface area contributed by atoms with Gasteiger partial charge in [0, 0.05) is 17.2 Å². The number of nitrogens with one attached hydrogen (secondary N) is 3. The van der Waals surface area contributed by atoms with Crippen molar-refractivity contribution < 1.29 is 4.79 Å². The molecule has 0 saturated carbocycles.